The molecular weight excluding hydrogens is 246 g/mol. The highest BCUT2D eigenvalue weighted by Gasteiger charge is 2.53. The van der Waals surface area contributed by atoms with E-state index in [9.17, 15) is 4.79 Å². The molecule has 0 heterocycles. The Balaban J connectivity index is 1.45. The van der Waals surface area contributed by atoms with Crippen molar-refractivity contribution in [2.45, 2.75) is 77.0 Å². The van der Waals surface area contributed by atoms with E-state index in [4.69, 9.17) is 5.73 Å². The van der Waals surface area contributed by atoms with E-state index >= 15 is 0 Å². The normalized spacial score (nSPS) is 38.4. The molecule has 4 saturated carbocycles. The van der Waals surface area contributed by atoms with Crippen LogP contribution in [0.15, 0.2) is 0 Å². The van der Waals surface area contributed by atoms with Crippen LogP contribution in [0.1, 0.15) is 77.0 Å². The van der Waals surface area contributed by atoms with Crippen molar-refractivity contribution in [1.29, 1.82) is 0 Å². The van der Waals surface area contributed by atoms with E-state index in [1.807, 2.05) is 0 Å². The van der Waals surface area contributed by atoms with Crippen molar-refractivity contribution in [2.24, 2.45) is 28.9 Å². The number of Topliss-reactive ketones (excluding diaryl/α,β-unsaturated/α-hetero) is 1. The zero-order valence-electron chi connectivity index (χ0n) is 12.9. The minimum Gasteiger partial charge on any atom is -0.330 e. The molecule has 0 aromatic carbocycles. The van der Waals surface area contributed by atoms with Gasteiger partial charge >= 0.3 is 0 Å². The zero-order chi connectivity index (χ0) is 14.0. The first kappa shape index (κ1) is 14.6. The Morgan fingerprint density at radius 3 is 1.90 bits per heavy atom. The van der Waals surface area contributed by atoms with Gasteiger partial charge < -0.3 is 5.73 Å². The van der Waals surface area contributed by atoms with Gasteiger partial charge in [0.05, 0.1) is 0 Å². The molecule has 20 heavy (non-hydrogen) atoms. The molecule has 4 aliphatic carbocycles. The Morgan fingerprint density at radius 2 is 1.35 bits per heavy atom. The second-order valence-electron chi connectivity index (χ2n) is 7.93. The van der Waals surface area contributed by atoms with Crippen LogP contribution in [0.2, 0.25) is 0 Å². The summed E-state index contributed by atoms with van der Waals surface area (Å²) in [4.78, 5) is 12.8. The minimum absolute atomic E-state index is 0.145. The Labute approximate surface area is 123 Å². The van der Waals surface area contributed by atoms with Gasteiger partial charge in [-0.3, -0.25) is 4.79 Å². The van der Waals surface area contributed by atoms with Gasteiger partial charge in [0.25, 0.3) is 0 Å². The SMILES string of the molecule is NCCCCCCCC(=O)C12CC3CC(CC(C3)C1)C2. The molecule has 0 spiro atoms. The lowest BCUT2D eigenvalue weighted by Gasteiger charge is -2.56. The van der Waals surface area contributed by atoms with Crippen molar-refractivity contribution in [3.63, 3.8) is 0 Å². The van der Waals surface area contributed by atoms with Crippen molar-refractivity contribution in [3.05, 3.63) is 0 Å². The number of carbonyl (C=O) groups is 1. The molecule has 2 nitrogen and oxygen atoms in total. The van der Waals surface area contributed by atoms with Gasteiger partial charge in [-0.15, -0.1) is 0 Å². The molecule has 114 valence electrons. The molecule has 0 saturated heterocycles. The fourth-order valence-electron chi connectivity index (χ4n) is 5.68. The third-order valence-electron chi connectivity index (χ3n) is 6.24. The molecule has 2 N–H and O–H groups in total. The lowest BCUT2D eigenvalue weighted by atomic mass is 9.48. The average Bonchev–Trinajstić information content (AvgIpc) is 2.41. The third kappa shape index (κ3) is 2.95. The Bertz CT molecular complexity index is 314. The molecule has 4 bridgehead atoms. The van der Waals surface area contributed by atoms with Gasteiger partial charge in [-0.25, -0.2) is 0 Å². The summed E-state index contributed by atoms with van der Waals surface area (Å²) in [6, 6.07) is 0. The van der Waals surface area contributed by atoms with Crippen LogP contribution in [0, 0.1) is 23.2 Å². The molecule has 0 aromatic rings. The quantitative estimate of drug-likeness (QED) is 0.680. The lowest BCUT2D eigenvalue weighted by molar-refractivity contribution is -0.144. The summed E-state index contributed by atoms with van der Waals surface area (Å²) in [5.74, 6) is 3.33. The largest absolute Gasteiger partial charge is 0.330 e. The summed E-state index contributed by atoms with van der Waals surface area (Å²) in [5, 5.41) is 0. The highest BCUT2D eigenvalue weighted by atomic mass is 16.1. The molecule has 0 radical (unpaired) electrons. The molecular formula is C18H31NO. The standard InChI is InChI=1S/C18H31NO/c19-7-5-3-1-2-4-6-17(20)18-11-14-8-15(12-18)10-16(9-14)13-18/h14-16H,1-13,19H2. The van der Waals surface area contributed by atoms with Crippen LogP contribution >= 0.6 is 0 Å². The molecule has 0 unspecified atom stereocenters. The van der Waals surface area contributed by atoms with Crippen molar-refractivity contribution in [1.82, 2.24) is 0 Å². The smallest absolute Gasteiger partial charge is 0.139 e. The first-order valence-corrected chi connectivity index (χ1v) is 8.95. The highest BCUT2D eigenvalue weighted by molar-refractivity contribution is 5.85. The maximum absolute atomic E-state index is 12.8. The number of carbonyl (C=O) groups excluding carboxylic acids is 1. The first-order chi connectivity index (χ1) is 9.72. The van der Waals surface area contributed by atoms with Gasteiger partial charge in [0.15, 0.2) is 0 Å². The number of hydrogen-bond donors (Lipinski definition) is 1. The number of nitrogens with two attached hydrogens (primary N) is 1. The average molecular weight is 277 g/mol. The second kappa shape index (κ2) is 6.17. The fraction of sp³-hybridized carbons (Fsp3) is 0.944. The Hall–Kier alpha value is -0.370. The van der Waals surface area contributed by atoms with Crippen molar-refractivity contribution in [3.8, 4) is 0 Å². The van der Waals surface area contributed by atoms with Crippen LogP contribution in [0.4, 0.5) is 0 Å². The molecule has 2 heteroatoms. The molecule has 4 rings (SSSR count). The summed E-state index contributed by atoms with van der Waals surface area (Å²) in [5.41, 5.74) is 5.65. The number of hydrogen-bond acceptors (Lipinski definition) is 2. The maximum Gasteiger partial charge on any atom is 0.139 e. The molecule has 4 fully saturated rings. The summed E-state index contributed by atoms with van der Waals surface area (Å²) in [6.07, 6.45) is 14.9. The third-order valence-corrected chi connectivity index (χ3v) is 6.24. The van der Waals surface area contributed by atoms with E-state index < -0.39 is 0 Å². The fourth-order valence-corrected chi connectivity index (χ4v) is 5.68. The van der Waals surface area contributed by atoms with Crippen molar-refractivity contribution < 1.29 is 4.79 Å². The van der Waals surface area contributed by atoms with E-state index in [-0.39, 0.29) is 5.41 Å². The van der Waals surface area contributed by atoms with Crippen LogP contribution < -0.4 is 5.73 Å². The van der Waals surface area contributed by atoms with Crippen molar-refractivity contribution >= 4 is 5.78 Å². The van der Waals surface area contributed by atoms with Crippen LogP contribution in [-0.4, -0.2) is 12.3 Å². The number of rotatable bonds is 8. The van der Waals surface area contributed by atoms with E-state index in [1.54, 1.807) is 0 Å². The Morgan fingerprint density at radius 1 is 0.850 bits per heavy atom. The monoisotopic (exact) mass is 277 g/mol. The van der Waals surface area contributed by atoms with Crippen LogP contribution in [0.3, 0.4) is 0 Å². The molecule has 0 aliphatic heterocycles. The van der Waals surface area contributed by atoms with Crippen LogP contribution in [0.25, 0.3) is 0 Å². The van der Waals surface area contributed by atoms with Gasteiger partial charge in [-0.1, -0.05) is 19.3 Å². The van der Waals surface area contributed by atoms with Crippen molar-refractivity contribution in [2.75, 3.05) is 6.54 Å². The van der Waals surface area contributed by atoms with E-state index in [1.165, 1.54) is 57.8 Å². The Kier molecular flexibility index (Phi) is 4.49. The minimum atomic E-state index is 0.145. The van der Waals surface area contributed by atoms with E-state index in [0.29, 0.717) is 5.78 Å². The molecule has 4 aliphatic rings. The van der Waals surface area contributed by atoms with Gasteiger partial charge in [0, 0.05) is 11.8 Å². The summed E-state index contributed by atoms with van der Waals surface area (Å²) in [7, 11) is 0. The summed E-state index contributed by atoms with van der Waals surface area (Å²) < 4.78 is 0. The number of ketones is 1. The zero-order valence-corrected chi connectivity index (χ0v) is 12.9. The predicted octanol–water partition coefficient (Wildman–Crippen LogP) is 4.07. The summed E-state index contributed by atoms with van der Waals surface area (Å²) >= 11 is 0. The maximum atomic E-state index is 12.8. The predicted molar refractivity (Wildman–Crippen MR) is 82.4 cm³/mol. The van der Waals surface area contributed by atoms with Gasteiger partial charge in [-0.05, 0) is 75.7 Å². The second-order valence-corrected chi connectivity index (χ2v) is 7.93. The molecule has 0 aromatic heterocycles. The lowest BCUT2D eigenvalue weighted by Crippen LogP contribution is -2.49. The summed E-state index contributed by atoms with van der Waals surface area (Å²) in [6.45, 7) is 0.812. The highest BCUT2D eigenvalue weighted by Crippen LogP contribution is 2.60. The van der Waals surface area contributed by atoms with Gasteiger partial charge in [0.2, 0.25) is 0 Å². The van der Waals surface area contributed by atoms with Gasteiger partial charge in [-0.2, -0.15) is 0 Å². The first-order valence-electron chi connectivity index (χ1n) is 8.95. The molecule has 0 atom stereocenters. The molecule has 0 amide bonds. The van der Waals surface area contributed by atoms with E-state index in [2.05, 4.69) is 0 Å². The van der Waals surface area contributed by atoms with Crippen LogP contribution in [0.5, 0.6) is 0 Å². The number of unbranched alkanes of at least 4 members (excludes halogenated alkanes) is 4. The topological polar surface area (TPSA) is 43.1 Å². The van der Waals surface area contributed by atoms with E-state index in [0.717, 1.165) is 43.6 Å². The van der Waals surface area contributed by atoms with Gasteiger partial charge in [0.1, 0.15) is 5.78 Å². The van der Waals surface area contributed by atoms with Crippen LogP contribution in [-0.2, 0) is 4.79 Å².